The van der Waals surface area contributed by atoms with E-state index >= 15 is 0 Å². The smallest absolute Gasteiger partial charge is 0.257 e. The number of piperidine rings is 1. The van der Waals surface area contributed by atoms with Crippen LogP contribution in [-0.2, 0) is 10.0 Å². The molecule has 30 heavy (non-hydrogen) atoms. The highest BCUT2D eigenvalue weighted by Crippen LogP contribution is 2.25. The van der Waals surface area contributed by atoms with Crippen LogP contribution in [0.4, 0.5) is 0 Å². The lowest BCUT2D eigenvalue weighted by Crippen LogP contribution is -2.46. The van der Waals surface area contributed by atoms with Gasteiger partial charge in [-0.15, -0.1) is 0 Å². The third-order valence-electron chi connectivity index (χ3n) is 5.06. The van der Waals surface area contributed by atoms with Gasteiger partial charge in [-0.1, -0.05) is 18.2 Å². The zero-order valence-electron chi connectivity index (χ0n) is 16.6. The van der Waals surface area contributed by atoms with Crippen molar-refractivity contribution in [1.82, 2.24) is 24.4 Å². The molecule has 3 aromatic rings. The maximum absolute atomic E-state index is 13.3. The Kier molecular flexibility index (Phi) is 5.65. The minimum atomic E-state index is -3.26. The van der Waals surface area contributed by atoms with Gasteiger partial charge in [0.2, 0.25) is 10.0 Å². The van der Waals surface area contributed by atoms with Gasteiger partial charge in [0.25, 0.3) is 5.91 Å². The zero-order chi connectivity index (χ0) is 21.1. The van der Waals surface area contributed by atoms with E-state index in [-0.39, 0.29) is 11.9 Å². The van der Waals surface area contributed by atoms with Crippen LogP contribution in [0, 0.1) is 0 Å². The predicted molar refractivity (Wildman–Crippen MR) is 114 cm³/mol. The van der Waals surface area contributed by atoms with Crippen LogP contribution in [-0.4, -0.2) is 59.4 Å². The summed E-state index contributed by atoms with van der Waals surface area (Å²) in [5.41, 5.74) is 2.71. The van der Waals surface area contributed by atoms with Crippen molar-refractivity contribution in [3.05, 3.63) is 66.6 Å². The van der Waals surface area contributed by atoms with Gasteiger partial charge in [-0.2, -0.15) is 5.10 Å². The summed E-state index contributed by atoms with van der Waals surface area (Å²) in [4.78, 5) is 19.3. The number of likely N-dealkylation sites (tertiary alicyclic amines) is 1. The monoisotopic (exact) mass is 425 g/mol. The molecular formula is C21H23N5O3S. The van der Waals surface area contributed by atoms with Crippen LogP contribution in [0.1, 0.15) is 23.2 Å². The SMILES string of the molecule is CS(=O)(=O)NC1CCN(C(=O)c2cn(-c3ccccc3)nc2-c2cccnc2)CC1. The number of amides is 1. The highest BCUT2D eigenvalue weighted by Gasteiger charge is 2.28. The average Bonchev–Trinajstić information content (AvgIpc) is 3.19. The van der Waals surface area contributed by atoms with Gasteiger partial charge in [-0.05, 0) is 37.1 Å². The Morgan fingerprint density at radius 2 is 1.83 bits per heavy atom. The first-order valence-corrected chi connectivity index (χ1v) is 11.6. The van der Waals surface area contributed by atoms with Gasteiger partial charge >= 0.3 is 0 Å². The lowest BCUT2D eigenvalue weighted by atomic mass is 10.0. The van der Waals surface area contributed by atoms with Gasteiger partial charge in [0.1, 0.15) is 5.69 Å². The molecule has 1 aromatic carbocycles. The summed E-state index contributed by atoms with van der Waals surface area (Å²) in [6, 6.07) is 13.2. The third kappa shape index (κ3) is 4.58. The summed E-state index contributed by atoms with van der Waals surface area (Å²) in [5.74, 6) is -0.117. The quantitative estimate of drug-likeness (QED) is 0.675. The van der Waals surface area contributed by atoms with E-state index in [1.165, 1.54) is 0 Å². The van der Waals surface area contributed by atoms with Gasteiger partial charge < -0.3 is 4.90 Å². The Hall–Kier alpha value is -3.04. The Labute approximate surface area is 175 Å². The Morgan fingerprint density at radius 3 is 2.47 bits per heavy atom. The van der Waals surface area contributed by atoms with Crippen LogP contribution >= 0.6 is 0 Å². The van der Waals surface area contributed by atoms with Crippen LogP contribution in [0.2, 0.25) is 0 Å². The number of sulfonamides is 1. The minimum absolute atomic E-state index is 0.117. The highest BCUT2D eigenvalue weighted by atomic mass is 32.2. The molecule has 156 valence electrons. The zero-order valence-corrected chi connectivity index (χ0v) is 17.4. The molecule has 0 unspecified atom stereocenters. The summed E-state index contributed by atoms with van der Waals surface area (Å²) in [7, 11) is -3.26. The van der Waals surface area contributed by atoms with Crippen molar-refractivity contribution in [3.63, 3.8) is 0 Å². The largest absolute Gasteiger partial charge is 0.338 e. The number of pyridine rings is 1. The summed E-state index contributed by atoms with van der Waals surface area (Å²) < 4.78 is 27.3. The van der Waals surface area contributed by atoms with Crippen LogP contribution < -0.4 is 4.72 Å². The van der Waals surface area contributed by atoms with E-state index in [9.17, 15) is 13.2 Å². The van der Waals surface area contributed by atoms with Crippen molar-refractivity contribution < 1.29 is 13.2 Å². The maximum atomic E-state index is 13.3. The van der Waals surface area contributed by atoms with E-state index in [1.807, 2.05) is 42.5 Å². The molecular weight excluding hydrogens is 402 g/mol. The molecule has 2 aromatic heterocycles. The Morgan fingerprint density at radius 1 is 1.10 bits per heavy atom. The Bertz CT molecular complexity index is 1120. The second kappa shape index (κ2) is 8.37. The first-order chi connectivity index (χ1) is 14.4. The van der Waals surface area contributed by atoms with Crippen LogP contribution in [0.25, 0.3) is 16.9 Å². The molecule has 0 aliphatic carbocycles. The topological polar surface area (TPSA) is 97.2 Å². The number of hydrogen-bond donors (Lipinski definition) is 1. The molecule has 3 heterocycles. The van der Waals surface area contributed by atoms with Crippen molar-refractivity contribution in [2.24, 2.45) is 0 Å². The molecule has 1 saturated heterocycles. The lowest BCUT2D eigenvalue weighted by Gasteiger charge is -2.32. The summed E-state index contributed by atoms with van der Waals surface area (Å²) >= 11 is 0. The van der Waals surface area contributed by atoms with Gasteiger partial charge in [-0.3, -0.25) is 9.78 Å². The van der Waals surface area contributed by atoms with Crippen LogP contribution in [0.15, 0.2) is 61.1 Å². The van der Waals surface area contributed by atoms with E-state index in [0.717, 1.165) is 17.5 Å². The molecule has 0 spiro atoms. The lowest BCUT2D eigenvalue weighted by molar-refractivity contribution is 0.0712. The van der Waals surface area contributed by atoms with Crippen molar-refractivity contribution in [1.29, 1.82) is 0 Å². The summed E-state index contributed by atoms with van der Waals surface area (Å²) in [6.45, 7) is 0.962. The molecule has 1 aliphatic heterocycles. The molecule has 8 nitrogen and oxygen atoms in total. The van der Waals surface area contributed by atoms with Gasteiger partial charge in [0, 0.05) is 43.3 Å². The third-order valence-corrected chi connectivity index (χ3v) is 5.82. The summed E-state index contributed by atoms with van der Waals surface area (Å²) in [6.07, 6.45) is 7.43. The second-order valence-electron chi connectivity index (χ2n) is 7.37. The highest BCUT2D eigenvalue weighted by molar-refractivity contribution is 7.88. The van der Waals surface area contributed by atoms with E-state index < -0.39 is 10.0 Å². The fourth-order valence-corrected chi connectivity index (χ4v) is 4.47. The number of rotatable bonds is 5. The molecule has 0 atom stereocenters. The molecule has 1 amide bonds. The molecule has 9 heteroatoms. The van der Waals surface area contributed by atoms with Crippen LogP contribution in [0.3, 0.4) is 0 Å². The molecule has 0 radical (unpaired) electrons. The standard InChI is InChI=1S/C21H23N5O3S/c1-30(28,29)24-17-9-12-25(13-10-17)21(27)19-15-26(18-7-3-2-4-8-18)23-20(19)16-6-5-11-22-14-16/h2-8,11,14-15,17,24H,9-10,12-13H2,1H3. The number of carbonyl (C=O) groups excluding carboxylic acids is 1. The number of hydrogen-bond acceptors (Lipinski definition) is 5. The van der Waals surface area contributed by atoms with Crippen molar-refractivity contribution in [3.8, 4) is 16.9 Å². The number of benzene rings is 1. The van der Waals surface area contributed by atoms with E-state index in [0.29, 0.717) is 37.2 Å². The first kappa shape index (κ1) is 20.2. The first-order valence-electron chi connectivity index (χ1n) is 9.73. The normalized spacial score (nSPS) is 15.3. The van der Waals surface area contributed by atoms with E-state index in [1.54, 1.807) is 28.2 Å². The van der Waals surface area contributed by atoms with Gasteiger partial charge in [0.05, 0.1) is 17.5 Å². The molecule has 1 fully saturated rings. The number of para-hydroxylation sites is 1. The number of nitrogens with one attached hydrogen (secondary N) is 1. The fourth-order valence-electron chi connectivity index (χ4n) is 3.63. The predicted octanol–water partition coefficient (Wildman–Crippen LogP) is 2.09. The van der Waals surface area contributed by atoms with Crippen molar-refractivity contribution >= 4 is 15.9 Å². The minimum Gasteiger partial charge on any atom is -0.338 e. The molecule has 1 N–H and O–H groups in total. The Balaban J connectivity index is 1.61. The van der Waals surface area contributed by atoms with Crippen LogP contribution in [0.5, 0.6) is 0 Å². The van der Waals surface area contributed by atoms with Crippen molar-refractivity contribution in [2.45, 2.75) is 18.9 Å². The second-order valence-corrected chi connectivity index (χ2v) is 9.15. The van der Waals surface area contributed by atoms with Crippen molar-refractivity contribution in [2.75, 3.05) is 19.3 Å². The van der Waals surface area contributed by atoms with Gasteiger partial charge in [0.15, 0.2) is 0 Å². The molecule has 1 aliphatic rings. The van der Waals surface area contributed by atoms with Gasteiger partial charge in [-0.25, -0.2) is 17.8 Å². The number of nitrogens with zero attached hydrogens (tertiary/aromatic N) is 4. The number of carbonyl (C=O) groups is 1. The summed E-state index contributed by atoms with van der Waals surface area (Å²) in [5, 5.41) is 4.67. The molecule has 0 saturated carbocycles. The maximum Gasteiger partial charge on any atom is 0.257 e. The molecule has 4 rings (SSSR count). The number of aromatic nitrogens is 3. The van der Waals surface area contributed by atoms with E-state index in [4.69, 9.17) is 0 Å². The molecule has 0 bridgehead atoms. The van der Waals surface area contributed by atoms with E-state index in [2.05, 4.69) is 14.8 Å². The average molecular weight is 426 g/mol. The fraction of sp³-hybridized carbons (Fsp3) is 0.286.